The highest BCUT2D eigenvalue weighted by Gasteiger charge is 2.28. The van der Waals surface area contributed by atoms with E-state index in [-0.39, 0.29) is 5.91 Å². The third-order valence-corrected chi connectivity index (χ3v) is 3.80. The molecule has 1 rings (SSSR count). The highest BCUT2D eigenvalue weighted by atomic mass is 19.4. The van der Waals surface area contributed by atoms with Gasteiger partial charge in [0.05, 0.1) is 6.54 Å². The van der Waals surface area contributed by atoms with E-state index in [0.29, 0.717) is 44.0 Å². The number of benzene rings is 1. The summed E-state index contributed by atoms with van der Waals surface area (Å²) in [6.45, 7) is 0.573. The SMILES string of the molecule is CN=C(NCCCN(C)CC(F)(F)F)NCCc1cccc(C(=O)NC)c1. The number of nitrogens with one attached hydrogen (secondary N) is 3. The number of amides is 1. The summed E-state index contributed by atoms with van der Waals surface area (Å²) >= 11 is 0. The third kappa shape index (κ3) is 9.83. The monoisotopic (exact) mass is 387 g/mol. The maximum atomic E-state index is 12.3. The predicted molar refractivity (Wildman–Crippen MR) is 101 cm³/mol. The minimum atomic E-state index is -4.17. The summed E-state index contributed by atoms with van der Waals surface area (Å²) in [4.78, 5) is 17.0. The zero-order chi connectivity index (χ0) is 20.3. The van der Waals surface area contributed by atoms with Crippen LogP contribution in [0, 0.1) is 0 Å². The van der Waals surface area contributed by atoms with Crippen molar-refractivity contribution in [3.8, 4) is 0 Å². The number of hydrogen-bond donors (Lipinski definition) is 3. The number of aliphatic imine (C=N–C) groups is 1. The lowest BCUT2D eigenvalue weighted by molar-refractivity contribution is -0.143. The van der Waals surface area contributed by atoms with Crippen LogP contribution in [0.5, 0.6) is 0 Å². The summed E-state index contributed by atoms with van der Waals surface area (Å²) in [5.74, 6) is 0.466. The minimum absolute atomic E-state index is 0.127. The Kier molecular flexibility index (Phi) is 9.63. The van der Waals surface area contributed by atoms with Crippen LogP contribution in [0.15, 0.2) is 29.3 Å². The largest absolute Gasteiger partial charge is 0.401 e. The number of rotatable bonds is 9. The van der Waals surface area contributed by atoms with Crippen LogP contribution in [0.2, 0.25) is 0 Å². The highest BCUT2D eigenvalue weighted by Crippen LogP contribution is 2.15. The second kappa shape index (κ2) is 11.4. The molecule has 0 heterocycles. The summed E-state index contributed by atoms with van der Waals surface area (Å²) in [7, 11) is 4.68. The van der Waals surface area contributed by atoms with Crippen molar-refractivity contribution in [3.05, 3.63) is 35.4 Å². The summed E-state index contributed by atoms with van der Waals surface area (Å²) in [6, 6.07) is 7.38. The molecule has 9 heteroatoms. The van der Waals surface area contributed by atoms with Crippen molar-refractivity contribution in [2.24, 2.45) is 4.99 Å². The van der Waals surface area contributed by atoms with E-state index >= 15 is 0 Å². The molecular weight excluding hydrogens is 359 g/mol. The molecule has 0 fully saturated rings. The van der Waals surface area contributed by atoms with E-state index in [1.807, 2.05) is 18.2 Å². The molecule has 152 valence electrons. The van der Waals surface area contributed by atoms with E-state index in [0.717, 1.165) is 5.56 Å². The van der Waals surface area contributed by atoms with Crippen molar-refractivity contribution in [1.82, 2.24) is 20.9 Å². The van der Waals surface area contributed by atoms with Crippen LogP contribution in [0.4, 0.5) is 13.2 Å². The van der Waals surface area contributed by atoms with E-state index in [1.54, 1.807) is 20.2 Å². The number of hydrogen-bond acceptors (Lipinski definition) is 3. The lowest BCUT2D eigenvalue weighted by Crippen LogP contribution is -2.40. The van der Waals surface area contributed by atoms with Gasteiger partial charge in [-0.05, 0) is 44.1 Å². The maximum Gasteiger partial charge on any atom is 0.401 e. The van der Waals surface area contributed by atoms with E-state index in [4.69, 9.17) is 0 Å². The molecule has 0 unspecified atom stereocenters. The van der Waals surface area contributed by atoms with Gasteiger partial charge in [-0.2, -0.15) is 13.2 Å². The molecule has 6 nitrogen and oxygen atoms in total. The topological polar surface area (TPSA) is 68.8 Å². The van der Waals surface area contributed by atoms with Crippen molar-refractivity contribution in [1.29, 1.82) is 0 Å². The van der Waals surface area contributed by atoms with E-state index in [1.165, 1.54) is 11.9 Å². The van der Waals surface area contributed by atoms with E-state index in [9.17, 15) is 18.0 Å². The molecule has 0 atom stereocenters. The summed E-state index contributed by atoms with van der Waals surface area (Å²) < 4.78 is 36.8. The molecule has 0 saturated carbocycles. The lowest BCUT2D eigenvalue weighted by Gasteiger charge is -2.19. The van der Waals surface area contributed by atoms with Gasteiger partial charge in [0, 0.05) is 32.7 Å². The van der Waals surface area contributed by atoms with E-state index < -0.39 is 12.7 Å². The van der Waals surface area contributed by atoms with Crippen LogP contribution in [-0.2, 0) is 6.42 Å². The fraction of sp³-hybridized carbons (Fsp3) is 0.556. The summed E-state index contributed by atoms with van der Waals surface area (Å²) in [5, 5.41) is 8.82. The fourth-order valence-corrected chi connectivity index (χ4v) is 2.50. The number of nitrogens with zero attached hydrogens (tertiary/aromatic N) is 2. The summed E-state index contributed by atoms with van der Waals surface area (Å²) in [6.07, 6.45) is -2.89. The fourth-order valence-electron chi connectivity index (χ4n) is 2.50. The molecule has 0 spiro atoms. The van der Waals surface area contributed by atoms with Crippen molar-refractivity contribution in [2.45, 2.75) is 19.0 Å². The van der Waals surface area contributed by atoms with Gasteiger partial charge in [-0.1, -0.05) is 12.1 Å². The van der Waals surface area contributed by atoms with Gasteiger partial charge in [0.1, 0.15) is 0 Å². The Morgan fingerprint density at radius 2 is 1.93 bits per heavy atom. The Morgan fingerprint density at radius 3 is 2.56 bits per heavy atom. The first-order valence-corrected chi connectivity index (χ1v) is 8.76. The first-order valence-electron chi connectivity index (χ1n) is 8.76. The van der Waals surface area contributed by atoms with Crippen LogP contribution >= 0.6 is 0 Å². The van der Waals surface area contributed by atoms with Crippen LogP contribution in [-0.4, -0.2) is 70.3 Å². The Morgan fingerprint density at radius 1 is 1.22 bits per heavy atom. The molecule has 1 aromatic rings. The average Bonchev–Trinajstić information content (AvgIpc) is 2.61. The standard InChI is InChI=1S/C18H28F3N5O/c1-22-16(27)15-7-4-6-14(12-15)8-10-25-17(23-2)24-9-5-11-26(3)13-18(19,20)21/h4,6-7,12H,5,8-11,13H2,1-3H3,(H,22,27)(H2,23,24,25). The third-order valence-electron chi connectivity index (χ3n) is 3.80. The van der Waals surface area contributed by atoms with Gasteiger partial charge in [0.25, 0.3) is 5.91 Å². The second-order valence-electron chi connectivity index (χ2n) is 6.16. The Hall–Kier alpha value is -2.29. The predicted octanol–water partition coefficient (Wildman–Crippen LogP) is 1.64. The van der Waals surface area contributed by atoms with Crippen LogP contribution in [0.25, 0.3) is 0 Å². The van der Waals surface area contributed by atoms with Crippen molar-refractivity contribution in [2.75, 3.05) is 47.3 Å². The van der Waals surface area contributed by atoms with Gasteiger partial charge < -0.3 is 16.0 Å². The number of carbonyl (C=O) groups is 1. The van der Waals surface area contributed by atoms with Crippen molar-refractivity contribution < 1.29 is 18.0 Å². The zero-order valence-corrected chi connectivity index (χ0v) is 16.0. The molecular formula is C18H28F3N5O. The van der Waals surface area contributed by atoms with Gasteiger partial charge >= 0.3 is 6.18 Å². The van der Waals surface area contributed by atoms with Gasteiger partial charge in [-0.15, -0.1) is 0 Å². The average molecular weight is 387 g/mol. The summed E-state index contributed by atoms with van der Waals surface area (Å²) in [5.41, 5.74) is 1.63. The Balaban J connectivity index is 2.30. The quantitative estimate of drug-likeness (QED) is 0.342. The first kappa shape index (κ1) is 22.8. The van der Waals surface area contributed by atoms with Gasteiger partial charge in [-0.25, -0.2) is 0 Å². The molecule has 0 aliphatic heterocycles. The maximum absolute atomic E-state index is 12.3. The van der Waals surface area contributed by atoms with Crippen molar-refractivity contribution in [3.63, 3.8) is 0 Å². The van der Waals surface area contributed by atoms with Crippen LogP contribution in [0.1, 0.15) is 22.3 Å². The number of halogens is 3. The molecule has 27 heavy (non-hydrogen) atoms. The number of carbonyl (C=O) groups excluding carboxylic acids is 1. The molecule has 0 aromatic heterocycles. The lowest BCUT2D eigenvalue weighted by atomic mass is 10.1. The minimum Gasteiger partial charge on any atom is -0.356 e. The number of alkyl halides is 3. The Bertz CT molecular complexity index is 619. The van der Waals surface area contributed by atoms with Crippen molar-refractivity contribution >= 4 is 11.9 Å². The van der Waals surface area contributed by atoms with E-state index in [2.05, 4.69) is 20.9 Å². The molecule has 0 bridgehead atoms. The first-order chi connectivity index (χ1) is 12.7. The smallest absolute Gasteiger partial charge is 0.356 e. The normalized spacial score (nSPS) is 12.2. The molecule has 0 aliphatic rings. The number of guanidine groups is 1. The molecule has 0 saturated heterocycles. The molecule has 0 aliphatic carbocycles. The second-order valence-corrected chi connectivity index (χ2v) is 6.16. The molecule has 3 N–H and O–H groups in total. The molecule has 1 aromatic carbocycles. The van der Waals surface area contributed by atoms with Gasteiger partial charge in [0.15, 0.2) is 5.96 Å². The van der Waals surface area contributed by atoms with Crippen LogP contribution in [0.3, 0.4) is 0 Å². The molecule has 0 radical (unpaired) electrons. The molecule has 1 amide bonds. The Labute approximate surface area is 158 Å². The highest BCUT2D eigenvalue weighted by molar-refractivity contribution is 5.94. The van der Waals surface area contributed by atoms with Gasteiger partial charge in [0.2, 0.25) is 0 Å². The zero-order valence-electron chi connectivity index (χ0n) is 16.0. The van der Waals surface area contributed by atoms with Gasteiger partial charge in [-0.3, -0.25) is 14.7 Å². The van der Waals surface area contributed by atoms with Crippen LogP contribution < -0.4 is 16.0 Å².